The lowest BCUT2D eigenvalue weighted by atomic mass is 10.0. The Balaban J connectivity index is 2.15. The van der Waals surface area contributed by atoms with Gasteiger partial charge in [-0.1, -0.05) is 30.3 Å². The molecule has 0 aliphatic rings. The first-order chi connectivity index (χ1) is 10.6. The van der Waals surface area contributed by atoms with Gasteiger partial charge in [-0.3, -0.25) is 9.59 Å². The molecule has 1 amide bonds. The van der Waals surface area contributed by atoms with Crippen LogP contribution in [0.1, 0.15) is 40.8 Å². The van der Waals surface area contributed by atoms with Crippen LogP contribution in [0.5, 0.6) is 0 Å². The fourth-order valence-electron chi connectivity index (χ4n) is 2.09. The van der Waals surface area contributed by atoms with Gasteiger partial charge in [-0.25, -0.2) is 9.97 Å². The molecule has 6 heteroatoms. The second kappa shape index (κ2) is 7.31. The van der Waals surface area contributed by atoms with E-state index in [2.05, 4.69) is 15.3 Å². The Morgan fingerprint density at radius 1 is 1.23 bits per heavy atom. The Morgan fingerprint density at radius 3 is 2.59 bits per heavy atom. The van der Waals surface area contributed by atoms with Crippen LogP contribution >= 0.6 is 0 Å². The number of amides is 1. The number of carboxylic acids is 1. The van der Waals surface area contributed by atoms with Crippen LogP contribution in [-0.4, -0.2) is 27.0 Å². The Bertz CT molecular complexity index is 659. The Labute approximate surface area is 128 Å². The van der Waals surface area contributed by atoms with Crippen LogP contribution in [0.15, 0.2) is 42.6 Å². The second-order valence-corrected chi connectivity index (χ2v) is 4.86. The molecule has 2 rings (SSSR count). The highest BCUT2D eigenvalue weighted by Crippen LogP contribution is 2.18. The number of carboxylic acid groups (broad SMARTS) is 1. The molecule has 2 aromatic rings. The van der Waals surface area contributed by atoms with E-state index in [1.165, 1.54) is 12.3 Å². The summed E-state index contributed by atoms with van der Waals surface area (Å²) >= 11 is 0. The second-order valence-electron chi connectivity index (χ2n) is 4.86. The Hall–Kier alpha value is -2.76. The Kier molecular flexibility index (Phi) is 5.19. The van der Waals surface area contributed by atoms with Crippen LogP contribution in [0.25, 0.3) is 0 Å². The van der Waals surface area contributed by atoms with Crippen molar-refractivity contribution >= 4 is 11.9 Å². The van der Waals surface area contributed by atoms with Crippen LogP contribution in [-0.2, 0) is 4.79 Å². The van der Waals surface area contributed by atoms with Crippen molar-refractivity contribution < 1.29 is 14.7 Å². The fourth-order valence-corrected chi connectivity index (χ4v) is 2.09. The van der Waals surface area contributed by atoms with Gasteiger partial charge in [0.2, 0.25) is 0 Å². The van der Waals surface area contributed by atoms with Crippen molar-refractivity contribution in [2.75, 3.05) is 0 Å². The van der Waals surface area contributed by atoms with E-state index in [0.717, 1.165) is 5.56 Å². The largest absolute Gasteiger partial charge is 0.481 e. The van der Waals surface area contributed by atoms with E-state index < -0.39 is 5.97 Å². The molecule has 0 saturated heterocycles. The quantitative estimate of drug-likeness (QED) is 0.852. The molecular formula is C16H17N3O3. The molecule has 0 radical (unpaired) electrons. The lowest BCUT2D eigenvalue weighted by Gasteiger charge is -2.18. The average Bonchev–Trinajstić information content (AvgIpc) is 2.52. The number of hydrogen-bond donors (Lipinski definition) is 2. The van der Waals surface area contributed by atoms with E-state index >= 15 is 0 Å². The molecule has 0 bridgehead atoms. The molecule has 1 heterocycles. The van der Waals surface area contributed by atoms with Crippen molar-refractivity contribution in [2.45, 2.75) is 25.8 Å². The molecule has 0 spiro atoms. The van der Waals surface area contributed by atoms with Gasteiger partial charge in [0.25, 0.3) is 5.91 Å². The summed E-state index contributed by atoms with van der Waals surface area (Å²) in [5.74, 6) is -0.729. The van der Waals surface area contributed by atoms with Gasteiger partial charge in [0.1, 0.15) is 11.5 Å². The van der Waals surface area contributed by atoms with E-state index in [4.69, 9.17) is 5.11 Å². The topological polar surface area (TPSA) is 92.2 Å². The lowest BCUT2D eigenvalue weighted by Crippen LogP contribution is -2.30. The van der Waals surface area contributed by atoms with E-state index in [0.29, 0.717) is 12.2 Å². The van der Waals surface area contributed by atoms with Gasteiger partial charge in [-0.2, -0.15) is 0 Å². The molecule has 6 nitrogen and oxygen atoms in total. The summed E-state index contributed by atoms with van der Waals surface area (Å²) in [5.41, 5.74) is 1.13. The van der Waals surface area contributed by atoms with E-state index in [1.807, 2.05) is 30.3 Å². The van der Waals surface area contributed by atoms with Gasteiger partial charge in [0.15, 0.2) is 0 Å². The summed E-state index contributed by atoms with van der Waals surface area (Å²) < 4.78 is 0. The highest BCUT2D eigenvalue weighted by atomic mass is 16.4. The molecular weight excluding hydrogens is 282 g/mol. The summed E-state index contributed by atoms with van der Waals surface area (Å²) in [6.07, 6.45) is 1.81. The smallest absolute Gasteiger partial charge is 0.303 e. The number of carbonyl (C=O) groups excluding carboxylic acids is 1. The van der Waals surface area contributed by atoms with Crippen LogP contribution in [0.4, 0.5) is 0 Å². The molecule has 0 saturated carbocycles. The third-order valence-electron chi connectivity index (χ3n) is 3.16. The van der Waals surface area contributed by atoms with Crippen LogP contribution in [0.2, 0.25) is 0 Å². The molecule has 0 aliphatic heterocycles. The number of aryl methyl sites for hydroxylation is 1. The number of hydrogen-bond acceptors (Lipinski definition) is 4. The first kappa shape index (κ1) is 15.6. The first-order valence-corrected chi connectivity index (χ1v) is 6.93. The lowest BCUT2D eigenvalue weighted by molar-refractivity contribution is -0.137. The van der Waals surface area contributed by atoms with Crippen LogP contribution in [0.3, 0.4) is 0 Å². The van der Waals surface area contributed by atoms with Crippen molar-refractivity contribution in [3.8, 4) is 0 Å². The number of aliphatic carboxylic acids is 1. The molecule has 1 aromatic carbocycles. The maximum Gasteiger partial charge on any atom is 0.303 e. The van der Waals surface area contributed by atoms with Crippen LogP contribution < -0.4 is 5.32 Å². The number of nitrogens with zero attached hydrogens (tertiary/aromatic N) is 2. The molecule has 1 atom stereocenters. The molecule has 1 aromatic heterocycles. The minimum absolute atomic E-state index is 0.0252. The van der Waals surface area contributed by atoms with Crippen molar-refractivity contribution in [3.63, 3.8) is 0 Å². The van der Waals surface area contributed by atoms with Crippen molar-refractivity contribution in [1.29, 1.82) is 0 Å². The van der Waals surface area contributed by atoms with E-state index in [1.54, 1.807) is 6.92 Å². The molecule has 0 aliphatic carbocycles. The summed E-state index contributed by atoms with van der Waals surface area (Å²) in [6, 6.07) is 10.4. The zero-order valence-electron chi connectivity index (χ0n) is 12.2. The summed E-state index contributed by atoms with van der Waals surface area (Å²) in [5, 5.41) is 11.7. The van der Waals surface area contributed by atoms with E-state index in [9.17, 15) is 9.59 Å². The molecule has 114 valence electrons. The van der Waals surface area contributed by atoms with Gasteiger partial charge in [-0.15, -0.1) is 0 Å². The van der Waals surface area contributed by atoms with Gasteiger partial charge >= 0.3 is 5.97 Å². The molecule has 22 heavy (non-hydrogen) atoms. The third-order valence-corrected chi connectivity index (χ3v) is 3.16. The monoisotopic (exact) mass is 299 g/mol. The highest BCUT2D eigenvalue weighted by Gasteiger charge is 2.17. The minimum Gasteiger partial charge on any atom is -0.481 e. The molecule has 0 unspecified atom stereocenters. The van der Waals surface area contributed by atoms with Gasteiger partial charge < -0.3 is 10.4 Å². The predicted molar refractivity (Wildman–Crippen MR) is 80.3 cm³/mol. The average molecular weight is 299 g/mol. The maximum absolute atomic E-state index is 12.3. The zero-order chi connectivity index (χ0) is 15.9. The highest BCUT2D eigenvalue weighted by molar-refractivity contribution is 5.92. The number of carbonyl (C=O) groups is 2. The van der Waals surface area contributed by atoms with Crippen molar-refractivity contribution in [3.05, 3.63) is 59.7 Å². The summed E-state index contributed by atoms with van der Waals surface area (Å²) in [6.45, 7) is 1.70. The van der Waals surface area contributed by atoms with Gasteiger partial charge in [0, 0.05) is 12.6 Å². The number of aromatic nitrogens is 2. The predicted octanol–water partition coefficient (Wildman–Crippen LogP) is 2.12. The van der Waals surface area contributed by atoms with Gasteiger partial charge in [0.05, 0.1) is 6.04 Å². The number of nitrogens with one attached hydrogen (secondary N) is 1. The minimum atomic E-state index is -0.895. The standard InChI is InChI=1S/C16H17N3O3/c1-11-17-10-9-14(18-11)16(22)19-13(7-8-15(20)21)12-5-3-2-4-6-12/h2-6,9-10,13H,7-8H2,1H3,(H,19,22)(H,20,21)/t13-/m1/s1. The molecule has 0 fully saturated rings. The maximum atomic E-state index is 12.3. The van der Waals surface area contributed by atoms with Gasteiger partial charge in [-0.05, 0) is 25.0 Å². The van der Waals surface area contributed by atoms with Crippen molar-refractivity contribution in [1.82, 2.24) is 15.3 Å². The zero-order valence-corrected chi connectivity index (χ0v) is 12.2. The van der Waals surface area contributed by atoms with Crippen molar-refractivity contribution in [2.24, 2.45) is 0 Å². The number of rotatable bonds is 6. The fraction of sp³-hybridized carbons (Fsp3) is 0.250. The number of benzene rings is 1. The van der Waals surface area contributed by atoms with Crippen LogP contribution in [0, 0.1) is 6.92 Å². The Morgan fingerprint density at radius 2 is 1.95 bits per heavy atom. The SMILES string of the molecule is Cc1nccc(C(=O)N[C@H](CCC(=O)O)c2ccccc2)n1. The van der Waals surface area contributed by atoms with E-state index in [-0.39, 0.29) is 24.1 Å². The summed E-state index contributed by atoms with van der Waals surface area (Å²) in [7, 11) is 0. The normalized spacial score (nSPS) is 11.7. The molecule has 2 N–H and O–H groups in total. The summed E-state index contributed by atoms with van der Waals surface area (Å²) in [4.78, 5) is 31.1. The third kappa shape index (κ3) is 4.37. The first-order valence-electron chi connectivity index (χ1n) is 6.93.